The van der Waals surface area contributed by atoms with E-state index >= 15 is 0 Å². The van der Waals surface area contributed by atoms with Crippen molar-refractivity contribution < 1.29 is 4.43 Å². The van der Waals surface area contributed by atoms with Crippen LogP contribution in [0.1, 0.15) is 51.0 Å². The Labute approximate surface area is 132 Å². The van der Waals surface area contributed by atoms with Crippen LogP contribution in [0.25, 0.3) is 0 Å². The van der Waals surface area contributed by atoms with Gasteiger partial charge in [-0.2, -0.15) is 0 Å². The zero-order valence-corrected chi connectivity index (χ0v) is 15.3. The molecule has 112 valence electrons. The molecule has 1 unspecified atom stereocenters. The first-order valence-corrected chi connectivity index (χ1v) is 10.7. The maximum Gasteiger partial charge on any atom is 0.224 e. The largest absolute Gasteiger partial charge is 0.408 e. The predicted molar refractivity (Wildman–Crippen MR) is 86.0 cm³/mol. The Morgan fingerprint density at radius 1 is 1.20 bits per heavy atom. The van der Waals surface area contributed by atoms with Crippen molar-refractivity contribution in [2.75, 3.05) is 0 Å². The van der Waals surface area contributed by atoms with E-state index in [4.69, 9.17) is 27.6 Å². The summed E-state index contributed by atoms with van der Waals surface area (Å²) in [4.78, 5) is 8.43. The molecule has 0 saturated carbocycles. The van der Waals surface area contributed by atoms with Crippen LogP contribution < -0.4 is 0 Å². The molecule has 1 aliphatic carbocycles. The first-order valence-electron chi connectivity index (χ1n) is 7.01. The lowest BCUT2D eigenvalue weighted by molar-refractivity contribution is 0.158. The Morgan fingerprint density at radius 3 is 2.45 bits per heavy atom. The highest BCUT2D eigenvalue weighted by Crippen LogP contribution is 2.43. The lowest BCUT2D eigenvalue weighted by atomic mass is 9.95. The van der Waals surface area contributed by atoms with Gasteiger partial charge in [0.05, 0.1) is 11.8 Å². The third kappa shape index (κ3) is 3.19. The lowest BCUT2D eigenvalue weighted by Gasteiger charge is -2.40. The van der Waals surface area contributed by atoms with Crippen molar-refractivity contribution in [2.24, 2.45) is 0 Å². The second-order valence-electron chi connectivity index (χ2n) is 6.91. The molecule has 1 aromatic rings. The molecule has 0 bridgehead atoms. The van der Waals surface area contributed by atoms with Crippen molar-refractivity contribution in [2.45, 2.75) is 64.3 Å². The van der Waals surface area contributed by atoms with Crippen LogP contribution in [0.5, 0.6) is 0 Å². The quantitative estimate of drug-likeness (QED) is 0.425. The molecule has 6 heteroatoms. The Hall–Kier alpha value is -0.163. The van der Waals surface area contributed by atoms with Gasteiger partial charge in [0.2, 0.25) is 5.28 Å². The van der Waals surface area contributed by atoms with Gasteiger partial charge in [-0.05, 0) is 49.0 Å². The summed E-state index contributed by atoms with van der Waals surface area (Å²) in [5.41, 5.74) is 1.90. The van der Waals surface area contributed by atoms with E-state index in [-0.39, 0.29) is 16.4 Å². The molecule has 0 saturated heterocycles. The minimum atomic E-state index is -1.84. The number of halogens is 2. The summed E-state index contributed by atoms with van der Waals surface area (Å²) in [5, 5.41) is 0.855. The Morgan fingerprint density at radius 2 is 1.85 bits per heavy atom. The first kappa shape index (κ1) is 16.2. The molecular weight excluding hydrogens is 311 g/mol. The molecule has 0 fully saturated rings. The molecular formula is C14H22Cl2N2OSi. The highest BCUT2D eigenvalue weighted by molar-refractivity contribution is 6.74. The van der Waals surface area contributed by atoms with Crippen LogP contribution in [0.3, 0.4) is 0 Å². The molecule has 0 spiro atoms. The van der Waals surface area contributed by atoms with E-state index < -0.39 is 8.32 Å². The van der Waals surface area contributed by atoms with Gasteiger partial charge in [0.15, 0.2) is 8.32 Å². The fourth-order valence-electron chi connectivity index (χ4n) is 2.19. The minimum Gasteiger partial charge on any atom is -0.408 e. The molecule has 1 atom stereocenters. The summed E-state index contributed by atoms with van der Waals surface area (Å²) in [5.74, 6) is 0. The van der Waals surface area contributed by atoms with Crippen LogP contribution in [-0.2, 0) is 10.8 Å². The fourth-order valence-corrected chi connectivity index (χ4v) is 3.98. The van der Waals surface area contributed by atoms with Crippen molar-refractivity contribution in [3.05, 3.63) is 21.7 Å². The topological polar surface area (TPSA) is 35.0 Å². The lowest BCUT2D eigenvalue weighted by Crippen LogP contribution is -2.42. The third-order valence-electron chi connectivity index (χ3n) is 4.40. The summed E-state index contributed by atoms with van der Waals surface area (Å²) >= 11 is 12.2. The average molecular weight is 333 g/mol. The molecule has 0 amide bonds. The maximum atomic E-state index is 6.51. The first-order chi connectivity index (χ1) is 9.12. The van der Waals surface area contributed by atoms with E-state index in [1.807, 2.05) is 0 Å². The third-order valence-corrected chi connectivity index (χ3v) is 9.37. The van der Waals surface area contributed by atoms with Crippen molar-refractivity contribution in [3.63, 3.8) is 0 Å². The normalized spacial score (nSPS) is 19.9. The molecule has 0 aromatic carbocycles. The second kappa shape index (κ2) is 5.56. The van der Waals surface area contributed by atoms with Crippen LogP contribution in [-0.4, -0.2) is 18.3 Å². The minimum absolute atomic E-state index is 0.00218. The van der Waals surface area contributed by atoms with E-state index in [1.54, 1.807) is 0 Å². The number of rotatable bonds is 2. The summed E-state index contributed by atoms with van der Waals surface area (Å²) in [6.07, 6.45) is 2.93. The molecule has 1 aliphatic rings. The molecule has 0 N–H and O–H groups in total. The predicted octanol–water partition coefficient (Wildman–Crippen LogP) is 5.18. The van der Waals surface area contributed by atoms with Gasteiger partial charge in [0.25, 0.3) is 0 Å². The van der Waals surface area contributed by atoms with Crippen molar-refractivity contribution in [3.8, 4) is 0 Å². The summed E-state index contributed by atoms with van der Waals surface area (Å²) in [7, 11) is -1.84. The van der Waals surface area contributed by atoms with Crippen LogP contribution >= 0.6 is 23.2 Å². The van der Waals surface area contributed by atoms with Gasteiger partial charge < -0.3 is 4.43 Å². The monoisotopic (exact) mass is 332 g/mol. The van der Waals surface area contributed by atoms with Crippen molar-refractivity contribution in [1.29, 1.82) is 0 Å². The van der Waals surface area contributed by atoms with Gasteiger partial charge >= 0.3 is 0 Å². The molecule has 1 aromatic heterocycles. The van der Waals surface area contributed by atoms with E-state index in [9.17, 15) is 0 Å². The summed E-state index contributed by atoms with van der Waals surface area (Å²) in [6, 6.07) is 0. The number of hydrogen-bond acceptors (Lipinski definition) is 3. The molecule has 0 radical (unpaired) electrons. The van der Waals surface area contributed by atoms with Gasteiger partial charge in [0.1, 0.15) is 5.15 Å². The highest BCUT2D eigenvalue weighted by Gasteiger charge is 2.41. The Bertz CT molecular complexity index is 515. The fraction of sp³-hybridized carbons (Fsp3) is 0.714. The zero-order chi connectivity index (χ0) is 15.1. The number of aromatic nitrogens is 2. The Balaban J connectivity index is 2.34. The number of nitrogens with zero attached hydrogens (tertiary/aromatic N) is 2. The molecule has 20 heavy (non-hydrogen) atoms. The van der Waals surface area contributed by atoms with E-state index in [0.29, 0.717) is 5.15 Å². The summed E-state index contributed by atoms with van der Waals surface area (Å²) < 4.78 is 6.51. The average Bonchev–Trinajstić information content (AvgIpc) is 2.28. The van der Waals surface area contributed by atoms with Crippen LogP contribution in [0.2, 0.25) is 28.6 Å². The molecule has 3 nitrogen and oxygen atoms in total. The van der Waals surface area contributed by atoms with Crippen molar-refractivity contribution >= 4 is 31.5 Å². The van der Waals surface area contributed by atoms with Crippen LogP contribution in [0.15, 0.2) is 0 Å². The summed E-state index contributed by atoms with van der Waals surface area (Å²) in [6.45, 7) is 11.2. The van der Waals surface area contributed by atoms with E-state index in [2.05, 4.69) is 43.8 Å². The van der Waals surface area contributed by atoms with Gasteiger partial charge in [0, 0.05) is 5.56 Å². The van der Waals surface area contributed by atoms with Gasteiger partial charge in [-0.1, -0.05) is 32.4 Å². The van der Waals surface area contributed by atoms with E-state index in [0.717, 1.165) is 30.5 Å². The Kier molecular flexibility index (Phi) is 4.51. The van der Waals surface area contributed by atoms with Gasteiger partial charge in [-0.25, -0.2) is 9.97 Å². The van der Waals surface area contributed by atoms with Crippen LogP contribution in [0.4, 0.5) is 0 Å². The van der Waals surface area contributed by atoms with Gasteiger partial charge in [-0.3, -0.25) is 0 Å². The van der Waals surface area contributed by atoms with E-state index in [1.165, 1.54) is 0 Å². The second-order valence-corrected chi connectivity index (χ2v) is 12.4. The van der Waals surface area contributed by atoms with Crippen molar-refractivity contribution in [1.82, 2.24) is 9.97 Å². The smallest absolute Gasteiger partial charge is 0.224 e. The van der Waals surface area contributed by atoms with Gasteiger partial charge in [-0.15, -0.1) is 0 Å². The maximum absolute atomic E-state index is 6.51. The SMILES string of the molecule is CC(C)(C)[Si](C)(C)OC1CCCc2c(Cl)nc(Cl)nc21. The number of hydrogen-bond donors (Lipinski definition) is 0. The molecule has 0 aliphatic heterocycles. The molecule has 1 heterocycles. The molecule has 2 rings (SSSR count). The highest BCUT2D eigenvalue weighted by atomic mass is 35.5. The zero-order valence-electron chi connectivity index (χ0n) is 12.8. The number of fused-ring (bicyclic) bond motifs is 1. The standard InChI is InChI=1S/C14H22Cl2N2OSi/c1-14(2,3)20(4,5)19-10-8-6-7-9-11(10)17-13(16)18-12(9)15/h10H,6-8H2,1-5H3. The van der Waals surface area contributed by atoms with Crippen LogP contribution in [0, 0.1) is 0 Å².